The molecular formula is C19H25N3O2S. The van der Waals surface area contributed by atoms with Crippen LogP contribution in [0.2, 0.25) is 0 Å². The second-order valence-electron chi connectivity index (χ2n) is 6.12. The Labute approximate surface area is 150 Å². The van der Waals surface area contributed by atoms with E-state index in [1.54, 1.807) is 30.6 Å². The Bertz CT molecular complexity index is 787. The van der Waals surface area contributed by atoms with Gasteiger partial charge in [0.15, 0.2) is 0 Å². The number of nitrogens with one attached hydrogen (secondary N) is 1. The van der Waals surface area contributed by atoms with Gasteiger partial charge in [-0.25, -0.2) is 13.1 Å². The molecule has 0 aliphatic carbocycles. The minimum absolute atomic E-state index is 0.0141. The van der Waals surface area contributed by atoms with Crippen LogP contribution in [0.5, 0.6) is 0 Å². The lowest BCUT2D eigenvalue weighted by Gasteiger charge is -2.22. The van der Waals surface area contributed by atoms with Crippen molar-refractivity contribution in [2.75, 3.05) is 13.6 Å². The van der Waals surface area contributed by atoms with Crippen LogP contribution < -0.4 is 4.72 Å². The summed E-state index contributed by atoms with van der Waals surface area (Å²) in [6.07, 6.45) is 1.75. The monoisotopic (exact) mass is 359 g/mol. The Balaban J connectivity index is 1.86. The second kappa shape index (κ2) is 8.78. The van der Waals surface area contributed by atoms with E-state index in [1.807, 2.05) is 56.1 Å². The van der Waals surface area contributed by atoms with Crippen LogP contribution in [0.3, 0.4) is 0 Å². The molecule has 0 bridgehead atoms. The summed E-state index contributed by atoms with van der Waals surface area (Å²) in [6, 6.07) is 16.8. The highest BCUT2D eigenvalue weighted by molar-refractivity contribution is 7.89. The highest BCUT2D eigenvalue weighted by atomic mass is 32.2. The van der Waals surface area contributed by atoms with E-state index in [0.29, 0.717) is 13.1 Å². The first kappa shape index (κ1) is 19.1. The summed E-state index contributed by atoms with van der Waals surface area (Å²) in [6.45, 7) is 4.79. The molecular weight excluding hydrogens is 334 g/mol. The third-order valence-corrected chi connectivity index (χ3v) is 5.42. The second-order valence-corrected chi connectivity index (χ2v) is 7.89. The molecule has 5 nitrogen and oxygen atoms in total. The Kier molecular flexibility index (Phi) is 6.73. The molecule has 0 saturated carbocycles. The van der Waals surface area contributed by atoms with E-state index in [2.05, 4.69) is 9.71 Å². The topological polar surface area (TPSA) is 61.8 Å². The lowest BCUT2D eigenvalue weighted by Crippen LogP contribution is -2.39. The number of rotatable bonds is 8. The lowest BCUT2D eigenvalue weighted by molar-refractivity contribution is 0.396. The minimum atomic E-state index is -3.49. The number of nitrogens with zero attached hydrogens (tertiary/aromatic N) is 2. The SMILES string of the molecule is Cc1ccc(S(=O)(=O)NCC(C)N(C)C=NCc2ccccc2)cc1. The molecule has 0 amide bonds. The van der Waals surface area contributed by atoms with Gasteiger partial charge in [-0.2, -0.15) is 0 Å². The average molecular weight is 359 g/mol. The molecule has 2 aromatic rings. The number of aliphatic imine (C=N–C) groups is 1. The molecule has 2 rings (SSSR count). The number of likely N-dealkylation sites (N-methyl/N-ethyl adjacent to an activating group) is 1. The highest BCUT2D eigenvalue weighted by Crippen LogP contribution is 2.10. The van der Waals surface area contributed by atoms with Crippen molar-refractivity contribution in [3.05, 3.63) is 65.7 Å². The molecule has 6 heteroatoms. The zero-order chi connectivity index (χ0) is 18.3. The summed E-state index contributed by atoms with van der Waals surface area (Å²) in [5.41, 5.74) is 2.17. The van der Waals surface area contributed by atoms with E-state index in [9.17, 15) is 8.42 Å². The molecule has 25 heavy (non-hydrogen) atoms. The van der Waals surface area contributed by atoms with Crippen molar-refractivity contribution in [2.24, 2.45) is 4.99 Å². The molecule has 0 fully saturated rings. The number of hydrogen-bond acceptors (Lipinski definition) is 3. The van der Waals surface area contributed by atoms with Crippen molar-refractivity contribution in [3.8, 4) is 0 Å². The molecule has 0 aliphatic rings. The highest BCUT2D eigenvalue weighted by Gasteiger charge is 2.15. The maximum Gasteiger partial charge on any atom is 0.240 e. The molecule has 134 valence electrons. The summed E-state index contributed by atoms with van der Waals surface area (Å²) < 4.78 is 27.3. The zero-order valence-corrected chi connectivity index (χ0v) is 15.7. The lowest BCUT2D eigenvalue weighted by atomic mass is 10.2. The van der Waals surface area contributed by atoms with E-state index < -0.39 is 10.0 Å². The molecule has 1 N–H and O–H groups in total. The summed E-state index contributed by atoms with van der Waals surface area (Å²) in [7, 11) is -1.60. The molecule has 0 heterocycles. The van der Waals surface area contributed by atoms with Crippen molar-refractivity contribution in [3.63, 3.8) is 0 Å². The van der Waals surface area contributed by atoms with E-state index in [-0.39, 0.29) is 10.9 Å². The Morgan fingerprint density at radius 3 is 2.40 bits per heavy atom. The predicted octanol–water partition coefficient (Wildman–Crippen LogP) is 2.82. The van der Waals surface area contributed by atoms with Crippen LogP contribution >= 0.6 is 0 Å². The summed E-state index contributed by atoms with van der Waals surface area (Å²) in [5, 5.41) is 0. The molecule has 0 saturated heterocycles. The Hall–Kier alpha value is -2.18. The average Bonchev–Trinajstić information content (AvgIpc) is 2.61. The van der Waals surface area contributed by atoms with E-state index in [4.69, 9.17) is 0 Å². The van der Waals surface area contributed by atoms with Crippen LogP contribution in [0.1, 0.15) is 18.1 Å². The third-order valence-electron chi connectivity index (χ3n) is 3.98. The molecule has 0 aromatic heterocycles. The van der Waals surface area contributed by atoms with Gasteiger partial charge < -0.3 is 4.90 Å². The van der Waals surface area contributed by atoms with Gasteiger partial charge in [-0.15, -0.1) is 0 Å². The molecule has 2 aromatic carbocycles. The van der Waals surface area contributed by atoms with Gasteiger partial charge in [0.05, 0.1) is 17.8 Å². The van der Waals surface area contributed by atoms with Gasteiger partial charge in [0.1, 0.15) is 0 Å². The smallest absolute Gasteiger partial charge is 0.240 e. The van der Waals surface area contributed by atoms with Gasteiger partial charge >= 0.3 is 0 Å². The first-order valence-electron chi connectivity index (χ1n) is 8.20. The zero-order valence-electron chi connectivity index (χ0n) is 14.9. The molecule has 0 aliphatic heterocycles. The van der Waals surface area contributed by atoms with Crippen LogP contribution in [0, 0.1) is 6.92 Å². The Morgan fingerprint density at radius 2 is 1.76 bits per heavy atom. The molecule has 1 atom stereocenters. The van der Waals surface area contributed by atoms with Crippen LogP contribution in [0.15, 0.2) is 64.5 Å². The predicted molar refractivity (Wildman–Crippen MR) is 102 cm³/mol. The number of sulfonamides is 1. The van der Waals surface area contributed by atoms with Crippen molar-refractivity contribution in [1.82, 2.24) is 9.62 Å². The molecule has 0 spiro atoms. The fourth-order valence-corrected chi connectivity index (χ4v) is 3.27. The van der Waals surface area contributed by atoms with Crippen LogP contribution in [0.4, 0.5) is 0 Å². The third kappa shape index (κ3) is 5.99. The summed E-state index contributed by atoms with van der Waals surface area (Å²) >= 11 is 0. The quantitative estimate of drug-likeness (QED) is 0.582. The maximum absolute atomic E-state index is 12.3. The molecule has 0 radical (unpaired) electrons. The Morgan fingerprint density at radius 1 is 1.12 bits per heavy atom. The number of benzene rings is 2. The van der Waals surface area contributed by atoms with Crippen molar-refractivity contribution >= 4 is 16.4 Å². The van der Waals surface area contributed by atoms with E-state index in [1.165, 1.54) is 0 Å². The van der Waals surface area contributed by atoms with Gasteiger partial charge in [-0.05, 0) is 31.5 Å². The van der Waals surface area contributed by atoms with Crippen LogP contribution in [0.25, 0.3) is 0 Å². The van der Waals surface area contributed by atoms with Crippen molar-refractivity contribution in [1.29, 1.82) is 0 Å². The summed E-state index contributed by atoms with van der Waals surface area (Å²) in [5.74, 6) is 0. The van der Waals surface area contributed by atoms with Crippen molar-refractivity contribution < 1.29 is 8.42 Å². The first-order valence-corrected chi connectivity index (χ1v) is 9.69. The fraction of sp³-hybridized carbons (Fsp3) is 0.316. The van der Waals surface area contributed by atoms with Crippen molar-refractivity contribution in [2.45, 2.75) is 31.3 Å². The standard InChI is InChI=1S/C19H25N3O2S/c1-16-9-11-19(12-10-16)25(23,24)21-13-17(2)22(3)15-20-14-18-7-5-4-6-8-18/h4-12,15,17,21H,13-14H2,1-3H3. The normalized spacial score (nSPS) is 13.1. The number of aryl methyl sites for hydroxylation is 1. The van der Waals surface area contributed by atoms with E-state index in [0.717, 1.165) is 11.1 Å². The first-order chi connectivity index (χ1) is 11.9. The van der Waals surface area contributed by atoms with Gasteiger partial charge in [-0.1, -0.05) is 48.0 Å². The minimum Gasteiger partial charge on any atom is -0.362 e. The largest absolute Gasteiger partial charge is 0.362 e. The van der Waals surface area contributed by atoms with Crippen LogP contribution in [-0.4, -0.2) is 39.3 Å². The van der Waals surface area contributed by atoms with Gasteiger partial charge in [-0.3, -0.25) is 4.99 Å². The van der Waals surface area contributed by atoms with Gasteiger partial charge in [0.2, 0.25) is 10.0 Å². The number of hydrogen-bond donors (Lipinski definition) is 1. The maximum atomic E-state index is 12.3. The van der Waals surface area contributed by atoms with Crippen LogP contribution in [-0.2, 0) is 16.6 Å². The fourth-order valence-electron chi connectivity index (χ4n) is 2.15. The summed E-state index contributed by atoms with van der Waals surface area (Å²) in [4.78, 5) is 6.59. The molecule has 1 unspecified atom stereocenters. The van der Waals surface area contributed by atoms with Gasteiger partial charge in [0, 0.05) is 19.6 Å². The van der Waals surface area contributed by atoms with E-state index >= 15 is 0 Å². The van der Waals surface area contributed by atoms with Gasteiger partial charge in [0.25, 0.3) is 0 Å².